The summed E-state index contributed by atoms with van der Waals surface area (Å²) >= 11 is 2.17. The van der Waals surface area contributed by atoms with Crippen molar-refractivity contribution < 1.29 is 23.7 Å². The number of methoxy groups -OCH3 is 1. The lowest BCUT2D eigenvalue weighted by Crippen LogP contribution is -2.13. The minimum Gasteiger partial charge on any atom is -0.493 e. The standard InChI is InChI=1S/C29H26INO5/c1-3-34-27-18-21(17-24(30)28(27)35-19-20-9-5-4-6-10-20)29(32)31-22-13-15-23(16-14-22)36-26-12-8-7-11-25(26)33-2/h4-18H,3,19H2,1-2H3,(H,31,32). The molecule has 0 unspecified atom stereocenters. The van der Waals surface area contributed by atoms with Crippen LogP contribution in [0.1, 0.15) is 22.8 Å². The molecule has 7 heteroatoms. The molecule has 6 nitrogen and oxygen atoms in total. The van der Waals surface area contributed by atoms with Gasteiger partial charge in [0, 0.05) is 11.3 Å². The van der Waals surface area contributed by atoms with Crippen LogP contribution >= 0.6 is 22.6 Å². The van der Waals surface area contributed by atoms with Crippen LogP contribution < -0.4 is 24.3 Å². The first-order chi connectivity index (χ1) is 17.6. The number of anilines is 1. The van der Waals surface area contributed by atoms with Crippen molar-refractivity contribution in [3.8, 4) is 28.7 Å². The molecular formula is C29H26INO5. The smallest absolute Gasteiger partial charge is 0.255 e. The van der Waals surface area contributed by atoms with E-state index in [1.165, 1.54) is 0 Å². The number of ether oxygens (including phenoxy) is 4. The molecule has 4 aromatic rings. The number of para-hydroxylation sites is 2. The summed E-state index contributed by atoms with van der Waals surface area (Å²) in [5, 5.41) is 2.93. The van der Waals surface area contributed by atoms with E-state index in [0.29, 0.717) is 53.2 Å². The molecule has 0 aliphatic heterocycles. The number of rotatable bonds is 10. The van der Waals surface area contributed by atoms with Crippen LogP contribution in [0.4, 0.5) is 5.69 Å². The molecule has 4 aromatic carbocycles. The number of benzene rings is 4. The highest BCUT2D eigenvalue weighted by atomic mass is 127. The molecule has 0 spiro atoms. The highest BCUT2D eigenvalue weighted by Crippen LogP contribution is 2.35. The second kappa shape index (κ2) is 12.3. The van der Waals surface area contributed by atoms with Gasteiger partial charge in [0.1, 0.15) is 12.4 Å². The van der Waals surface area contributed by atoms with Gasteiger partial charge in [-0.2, -0.15) is 0 Å². The van der Waals surface area contributed by atoms with Gasteiger partial charge in [-0.05, 0) is 83.6 Å². The van der Waals surface area contributed by atoms with Gasteiger partial charge in [0.25, 0.3) is 5.91 Å². The summed E-state index contributed by atoms with van der Waals surface area (Å²) in [6.07, 6.45) is 0. The lowest BCUT2D eigenvalue weighted by atomic mass is 10.1. The SMILES string of the molecule is CCOc1cc(C(=O)Nc2ccc(Oc3ccccc3OC)cc2)cc(I)c1OCc1ccccc1. The third-order valence-electron chi connectivity index (χ3n) is 5.21. The third-order valence-corrected chi connectivity index (χ3v) is 6.01. The van der Waals surface area contributed by atoms with Crippen molar-refractivity contribution >= 4 is 34.2 Å². The molecule has 1 amide bonds. The van der Waals surface area contributed by atoms with Gasteiger partial charge in [-0.3, -0.25) is 4.79 Å². The van der Waals surface area contributed by atoms with E-state index in [1.807, 2.05) is 61.5 Å². The summed E-state index contributed by atoms with van der Waals surface area (Å²) in [6.45, 7) is 2.76. The summed E-state index contributed by atoms with van der Waals surface area (Å²) in [4.78, 5) is 13.0. The molecular weight excluding hydrogens is 569 g/mol. The minimum atomic E-state index is -0.248. The summed E-state index contributed by atoms with van der Waals surface area (Å²) in [5.41, 5.74) is 2.17. The predicted octanol–water partition coefficient (Wildman–Crippen LogP) is 7.32. The van der Waals surface area contributed by atoms with Crippen molar-refractivity contribution in [1.29, 1.82) is 0 Å². The Balaban J connectivity index is 1.46. The van der Waals surface area contributed by atoms with E-state index in [-0.39, 0.29) is 5.91 Å². The van der Waals surface area contributed by atoms with Crippen LogP contribution in [-0.2, 0) is 6.61 Å². The van der Waals surface area contributed by atoms with Gasteiger partial charge in [-0.1, -0.05) is 42.5 Å². The first-order valence-electron chi connectivity index (χ1n) is 11.4. The van der Waals surface area contributed by atoms with Crippen LogP contribution in [0.3, 0.4) is 0 Å². The normalized spacial score (nSPS) is 10.4. The van der Waals surface area contributed by atoms with E-state index in [9.17, 15) is 4.79 Å². The van der Waals surface area contributed by atoms with Gasteiger partial charge in [-0.15, -0.1) is 0 Å². The Kier molecular flexibility index (Phi) is 8.67. The maximum atomic E-state index is 13.0. The summed E-state index contributed by atoms with van der Waals surface area (Å²) in [6, 6.07) is 28.0. The van der Waals surface area contributed by atoms with Gasteiger partial charge in [0.15, 0.2) is 23.0 Å². The van der Waals surface area contributed by atoms with E-state index < -0.39 is 0 Å². The number of nitrogens with one attached hydrogen (secondary N) is 1. The van der Waals surface area contributed by atoms with Gasteiger partial charge in [0.05, 0.1) is 17.3 Å². The molecule has 1 N–H and O–H groups in total. The van der Waals surface area contributed by atoms with Gasteiger partial charge in [-0.25, -0.2) is 0 Å². The van der Waals surface area contributed by atoms with Crippen LogP contribution in [-0.4, -0.2) is 19.6 Å². The highest BCUT2D eigenvalue weighted by molar-refractivity contribution is 14.1. The van der Waals surface area contributed by atoms with Crippen molar-refractivity contribution in [2.45, 2.75) is 13.5 Å². The zero-order valence-corrected chi connectivity index (χ0v) is 22.2. The summed E-state index contributed by atoms with van der Waals surface area (Å²) in [5.74, 6) is 2.80. The Labute approximate surface area is 224 Å². The van der Waals surface area contributed by atoms with Crippen molar-refractivity contribution in [1.82, 2.24) is 0 Å². The quantitative estimate of drug-likeness (QED) is 0.195. The van der Waals surface area contributed by atoms with Crippen LogP contribution in [0.25, 0.3) is 0 Å². The fourth-order valence-electron chi connectivity index (χ4n) is 3.47. The molecule has 0 aliphatic carbocycles. The molecule has 0 aromatic heterocycles. The van der Waals surface area contributed by atoms with Crippen LogP contribution in [0.5, 0.6) is 28.7 Å². The van der Waals surface area contributed by atoms with Crippen LogP contribution in [0.2, 0.25) is 0 Å². The Morgan fingerprint density at radius 3 is 2.22 bits per heavy atom. The molecule has 4 rings (SSSR count). The maximum absolute atomic E-state index is 13.0. The van der Waals surface area contributed by atoms with E-state index in [0.717, 1.165) is 9.13 Å². The van der Waals surface area contributed by atoms with Crippen molar-refractivity contribution in [3.05, 3.63) is 106 Å². The molecule has 0 heterocycles. The Morgan fingerprint density at radius 2 is 1.53 bits per heavy atom. The molecule has 0 atom stereocenters. The minimum absolute atomic E-state index is 0.248. The van der Waals surface area contributed by atoms with Crippen LogP contribution in [0, 0.1) is 3.57 Å². The monoisotopic (exact) mass is 595 g/mol. The Hall–Kier alpha value is -3.72. The zero-order chi connectivity index (χ0) is 25.3. The molecule has 0 bridgehead atoms. The van der Waals surface area contributed by atoms with Crippen LogP contribution in [0.15, 0.2) is 91.0 Å². The van der Waals surface area contributed by atoms with Gasteiger partial charge in [0.2, 0.25) is 0 Å². The lowest BCUT2D eigenvalue weighted by molar-refractivity contribution is 0.102. The largest absolute Gasteiger partial charge is 0.493 e. The van der Waals surface area contributed by atoms with Crippen molar-refractivity contribution in [2.75, 3.05) is 19.0 Å². The summed E-state index contributed by atoms with van der Waals surface area (Å²) < 4.78 is 23.9. The number of carbonyl (C=O) groups excluding carboxylic acids is 1. The second-order valence-corrected chi connectivity index (χ2v) is 8.89. The topological polar surface area (TPSA) is 66.0 Å². The van der Waals surface area contributed by atoms with E-state index in [4.69, 9.17) is 18.9 Å². The lowest BCUT2D eigenvalue weighted by Gasteiger charge is -2.16. The fraction of sp³-hybridized carbons (Fsp3) is 0.138. The van der Waals surface area contributed by atoms with Gasteiger partial charge >= 0.3 is 0 Å². The molecule has 36 heavy (non-hydrogen) atoms. The molecule has 0 aliphatic rings. The Morgan fingerprint density at radius 1 is 0.833 bits per heavy atom. The predicted molar refractivity (Wildman–Crippen MR) is 149 cm³/mol. The van der Waals surface area contributed by atoms with Gasteiger partial charge < -0.3 is 24.3 Å². The first-order valence-corrected chi connectivity index (χ1v) is 12.5. The number of carbonyl (C=O) groups is 1. The number of hydrogen-bond acceptors (Lipinski definition) is 5. The van der Waals surface area contributed by atoms with E-state index in [2.05, 4.69) is 27.9 Å². The molecule has 0 radical (unpaired) electrons. The average molecular weight is 595 g/mol. The first kappa shape index (κ1) is 25.4. The molecule has 0 saturated carbocycles. The number of amides is 1. The van der Waals surface area contributed by atoms with E-state index in [1.54, 1.807) is 43.5 Å². The third kappa shape index (κ3) is 6.48. The van der Waals surface area contributed by atoms with E-state index >= 15 is 0 Å². The fourth-order valence-corrected chi connectivity index (χ4v) is 4.23. The maximum Gasteiger partial charge on any atom is 0.255 e. The molecule has 184 valence electrons. The second-order valence-electron chi connectivity index (χ2n) is 7.72. The summed E-state index contributed by atoms with van der Waals surface area (Å²) in [7, 11) is 1.60. The average Bonchev–Trinajstić information content (AvgIpc) is 2.90. The Bertz CT molecular complexity index is 1310. The zero-order valence-electron chi connectivity index (χ0n) is 20.0. The van der Waals surface area contributed by atoms with Crippen molar-refractivity contribution in [3.63, 3.8) is 0 Å². The highest BCUT2D eigenvalue weighted by Gasteiger charge is 2.17. The van der Waals surface area contributed by atoms with Crippen molar-refractivity contribution in [2.24, 2.45) is 0 Å². The number of hydrogen-bond donors (Lipinski definition) is 1. The molecule has 0 fully saturated rings. The molecule has 0 saturated heterocycles. The number of halogens is 1.